The Morgan fingerprint density at radius 2 is 1.65 bits per heavy atom. The molecule has 0 bridgehead atoms. The monoisotopic (exact) mass is 438 g/mol. The van der Waals surface area contributed by atoms with E-state index in [4.69, 9.17) is 4.74 Å². The number of hydrogen-bond donors (Lipinski definition) is 1. The maximum Gasteiger partial charge on any atom is 0.420 e. The van der Waals surface area contributed by atoms with Gasteiger partial charge in [0.1, 0.15) is 22.9 Å². The number of rotatable bonds is 5. The number of ether oxygens (including phenoxy) is 1. The molecule has 0 fully saturated rings. The average molecular weight is 438 g/mol. The van der Waals surface area contributed by atoms with E-state index < -0.39 is 45.6 Å². The minimum atomic E-state index is -4.86. The van der Waals surface area contributed by atoms with E-state index in [0.29, 0.717) is 18.2 Å². The van der Waals surface area contributed by atoms with E-state index in [9.17, 15) is 36.9 Å². The van der Waals surface area contributed by atoms with Crippen LogP contribution in [0.5, 0.6) is 11.5 Å². The van der Waals surface area contributed by atoms with Crippen molar-refractivity contribution in [1.82, 2.24) is 0 Å². The molecule has 3 rings (SSSR count). The Labute approximate surface area is 171 Å². The molecule has 1 N–H and O–H groups in total. The number of nitrogens with one attached hydrogen (secondary N) is 1. The average Bonchev–Trinajstić information content (AvgIpc) is 2.70. The van der Waals surface area contributed by atoms with Crippen LogP contribution in [0, 0.1) is 21.7 Å². The highest BCUT2D eigenvalue weighted by atomic mass is 19.4. The van der Waals surface area contributed by atoms with Crippen LogP contribution < -0.4 is 10.1 Å². The Bertz CT molecular complexity index is 1150. The molecule has 3 aromatic rings. The second-order valence-corrected chi connectivity index (χ2v) is 6.14. The van der Waals surface area contributed by atoms with Crippen LogP contribution in [0.1, 0.15) is 15.9 Å². The summed E-state index contributed by atoms with van der Waals surface area (Å²) in [4.78, 5) is 22.0. The maximum atomic E-state index is 13.5. The molecule has 0 aliphatic heterocycles. The number of carbonyl (C=O) groups is 1. The number of amides is 1. The number of benzene rings is 3. The van der Waals surface area contributed by atoms with Crippen molar-refractivity contribution in [2.75, 3.05) is 5.32 Å². The quantitative estimate of drug-likeness (QED) is 0.304. The van der Waals surface area contributed by atoms with E-state index in [-0.39, 0.29) is 17.0 Å². The summed E-state index contributed by atoms with van der Waals surface area (Å²) in [7, 11) is 0. The van der Waals surface area contributed by atoms with Gasteiger partial charge in [0.25, 0.3) is 5.91 Å². The lowest BCUT2D eigenvalue weighted by atomic mass is 10.1. The van der Waals surface area contributed by atoms with Crippen molar-refractivity contribution in [1.29, 1.82) is 0 Å². The van der Waals surface area contributed by atoms with Crippen molar-refractivity contribution in [2.24, 2.45) is 0 Å². The van der Waals surface area contributed by atoms with Crippen molar-refractivity contribution in [3.8, 4) is 11.5 Å². The summed E-state index contributed by atoms with van der Waals surface area (Å²) in [6.07, 6.45) is -4.86. The van der Waals surface area contributed by atoms with Gasteiger partial charge in [0.15, 0.2) is 0 Å². The summed E-state index contributed by atoms with van der Waals surface area (Å²) in [5, 5.41) is 13.0. The third-order valence-electron chi connectivity index (χ3n) is 3.99. The first-order chi connectivity index (χ1) is 14.5. The summed E-state index contributed by atoms with van der Waals surface area (Å²) in [5.74, 6) is -3.37. The second-order valence-electron chi connectivity index (χ2n) is 6.14. The van der Waals surface area contributed by atoms with Gasteiger partial charge in [-0.2, -0.15) is 17.6 Å². The van der Waals surface area contributed by atoms with Crippen LogP contribution in [0.4, 0.5) is 33.3 Å². The smallest absolute Gasteiger partial charge is 0.420 e. The lowest BCUT2D eigenvalue weighted by Gasteiger charge is -2.15. The number of nitro groups is 1. The predicted molar refractivity (Wildman–Crippen MR) is 98.9 cm³/mol. The molecule has 0 saturated heterocycles. The molecule has 11 heteroatoms. The van der Waals surface area contributed by atoms with Gasteiger partial charge in [0.05, 0.1) is 4.92 Å². The van der Waals surface area contributed by atoms with Gasteiger partial charge in [0, 0.05) is 17.3 Å². The van der Waals surface area contributed by atoms with Crippen LogP contribution in [0.25, 0.3) is 0 Å². The Morgan fingerprint density at radius 3 is 2.26 bits per heavy atom. The van der Waals surface area contributed by atoms with Gasteiger partial charge in [-0.25, -0.2) is 4.39 Å². The van der Waals surface area contributed by atoms with E-state index in [1.165, 1.54) is 0 Å². The van der Waals surface area contributed by atoms with E-state index >= 15 is 0 Å². The number of halogens is 5. The largest absolute Gasteiger partial charge is 0.457 e. The SMILES string of the molecule is O=C(Nc1ccc(Oc2ccc(F)cc2)c(C(F)(F)F)c1)c1ccc(F)c([N+](=O)[O-])c1. The third-order valence-corrected chi connectivity index (χ3v) is 3.99. The molecule has 0 heterocycles. The Kier molecular flexibility index (Phi) is 5.86. The zero-order chi connectivity index (χ0) is 22.8. The summed E-state index contributed by atoms with van der Waals surface area (Å²) in [6, 6.07) is 9.31. The molecule has 0 aromatic heterocycles. The molecule has 0 aliphatic carbocycles. The van der Waals surface area contributed by atoms with Crippen molar-refractivity contribution in [3.05, 3.63) is 93.5 Å². The predicted octanol–water partition coefficient (Wildman–Crippen LogP) is 5.94. The highest BCUT2D eigenvalue weighted by Crippen LogP contribution is 2.39. The Hall–Kier alpha value is -4.02. The molecule has 1 amide bonds. The third kappa shape index (κ3) is 5.13. The van der Waals surface area contributed by atoms with E-state index in [1.807, 2.05) is 0 Å². The fourth-order valence-electron chi connectivity index (χ4n) is 2.54. The number of anilines is 1. The zero-order valence-electron chi connectivity index (χ0n) is 15.2. The number of nitro benzene ring substituents is 1. The maximum absolute atomic E-state index is 13.5. The first-order valence-corrected chi connectivity index (χ1v) is 8.44. The molecule has 6 nitrogen and oxygen atoms in total. The Morgan fingerprint density at radius 1 is 0.968 bits per heavy atom. The fourth-order valence-corrected chi connectivity index (χ4v) is 2.54. The summed E-state index contributed by atoms with van der Waals surface area (Å²) in [6.45, 7) is 0. The summed E-state index contributed by atoms with van der Waals surface area (Å²) in [5.41, 5.74) is -2.78. The molecule has 31 heavy (non-hydrogen) atoms. The fraction of sp³-hybridized carbons (Fsp3) is 0.0500. The molecule has 0 atom stereocenters. The minimum Gasteiger partial charge on any atom is -0.457 e. The number of alkyl halides is 3. The van der Waals surface area contributed by atoms with Crippen LogP contribution in [0.15, 0.2) is 60.7 Å². The van der Waals surface area contributed by atoms with Crippen LogP contribution in [0.2, 0.25) is 0 Å². The lowest BCUT2D eigenvalue weighted by molar-refractivity contribution is -0.387. The van der Waals surface area contributed by atoms with E-state index in [1.54, 1.807) is 0 Å². The van der Waals surface area contributed by atoms with Gasteiger partial charge in [-0.1, -0.05) is 0 Å². The normalized spacial score (nSPS) is 11.1. The summed E-state index contributed by atoms with van der Waals surface area (Å²) >= 11 is 0. The van der Waals surface area contributed by atoms with Gasteiger partial charge >= 0.3 is 11.9 Å². The van der Waals surface area contributed by atoms with Crippen molar-refractivity contribution in [3.63, 3.8) is 0 Å². The molecule has 3 aromatic carbocycles. The topological polar surface area (TPSA) is 81.5 Å². The van der Waals surface area contributed by atoms with Crippen molar-refractivity contribution < 1.29 is 36.4 Å². The van der Waals surface area contributed by atoms with Crippen LogP contribution >= 0.6 is 0 Å². The van der Waals surface area contributed by atoms with E-state index in [2.05, 4.69) is 5.32 Å². The molecule has 0 saturated carbocycles. The standard InChI is InChI=1S/C20H11F5N2O4/c21-12-2-5-14(6-3-12)31-18-8-4-13(10-15(18)20(23,24)25)26-19(28)11-1-7-16(22)17(9-11)27(29)30/h1-10H,(H,26,28). The van der Waals surface area contributed by atoms with Crippen LogP contribution in [-0.2, 0) is 6.18 Å². The molecular weight excluding hydrogens is 427 g/mol. The van der Waals surface area contributed by atoms with Gasteiger partial charge in [0.2, 0.25) is 5.82 Å². The lowest BCUT2D eigenvalue weighted by Crippen LogP contribution is -2.14. The first-order valence-electron chi connectivity index (χ1n) is 8.44. The van der Waals surface area contributed by atoms with Crippen molar-refractivity contribution in [2.45, 2.75) is 6.18 Å². The highest BCUT2D eigenvalue weighted by molar-refractivity contribution is 6.04. The Balaban J connectivity index is 1.88. The summed E-state index contributed by atoms with van der Waals surface area (Å²) < 4.78 is 72.0. The van der Waals surface area contributed by atoms with Crippen molar-refractivity contribution >= 4 is 17.3 Å². The zero-order valence-corrected chi connectivity index (χ0v) is 15.2. The van der Waals surface area contributed by atoms with E-state index in [0.717, 1.165) is 42.5 Å². The van der Waals surface area contributed by atoms with Gasteiger partial charge in [-0.3, -0.25) is 14.9 Å². The molecule has 160 valence electrons. The number of carbonyl (C=O) groups excluding carboxylic acids is 1. The van der Waals surface area contributed by atoms with Gasteiger partial charge in [-0.05, 0) is 54.6 Å². The second kappa shape index (κ2) is 8.38. The number of nitrogens with zero attached hydrogens (tertiary/aromatic N) is 1. The first kappa shape index (κ1) is 21.7. The molecule has 0 unspecified atom stereocenters. The van der Waals surface area contributed by atoms with Crippen LogP contribution in [-0.4, -0.2) is 10.8 Å². The minimum absolute atomic E-state index is 0.0395. The van der Waals surface area contributed by atoms with Gasteiger partial charge < -0.3 is 10.1 Å². The highest BCUT2D eigenvalue weighted by Gasteiger charge is 2.35. The van der Waals surface area contributed by atoms with Gasteiger partial charge in [-0.15, -0.1) is 0 Å². The molecule has 0 spiro atoms. The molecular formula is C20H11F5N2O4. The molecule has 0 radical (unpaired) electrons. The van der Waals surface area contributed by atoms with Crippen LogP contribution in [0.3, 0.4) is 0 Å². The molecule has 0 aliphatic rings. The number of hydrogen-bond acceptors (Lipinski definition) is 4.